The van der Waals surface area contributed by atoms with Crippen LogP contribution in [0.5, 0.6) is 0 Å². The molecule has 1 aliphatic heterocycles. The minimum Gasteiger partial charge on any atom is -0.453 e. The maximum Gasteiger partial charge on any atom is 0.410 e. The van der Waals surface area contributed by atoms with Crippen LogP contribution in [0.1, 0.15) is 38.3 Å². The van der Waals surface area contributed by atoms with E-state index in [1.165, 1.54) is 59.7 Å². The molecule has 0 spiro atoms. The number of amides is 2. The highest BCUT2D eigenvalue weighted by molar-refractivity contribution is 7.10. The van der Waals surface area contributed by atoms with Crippen LogP contribution < -0.4 is 5.32 Å². The smallest absolute Gasteiger partial charge is 0.410 e. The predicted molar refractivity (Wildman–Crippen MR) is 147 cm³/mol. The molecule has 204 valence electrons. The Morgan fingerprint density at radius 2 is 1.52 bits per heavy atom. The van der Waals surface area contributed by atoms with E-state index in [2.05, 4.69) is 5.32 Å². The van der Waals surface area contributed by atoms with Crippen molar-refractivity contribution in [2.45, 2.75) is 24.5 Å². The van der Waals surface area contributed by atoms with E-state index in [0.717, 1.165) is 0 Å². The number of rotatable bonds is 7. The van der Waals surface area contributed by atoms with Crippen LogP contribution in [0, 0.1) is 17.6 Å². The minimum absolute atomic E-state index is 0.0712. The van der Waals surface area contributed by atoms with Crippen LogP contribution in [0.4, 0.5) is 13.6 Å². The molecule has 0 saturated carbocycles. The first-order valence-corrected chi connectivity index (χ1v) is 13.5. The molecule has 1 fully saturated rings. The van der Waals surface area contributed by atoms with Crippen molar-refractivity contribution >= 4 is 29.1 Å². The van der Waals surface area contributed by atoms with E-state index in [1.54, 1.807) is 42.5 Å². The Labute approximate surface area is 234 Å². The number of likely N-dealkylation sites (tertiary alicyclic amines) is 1. The van der Waals surface area contributed by atoms with Crippen molar-refractivity contribution in [3.05, 3.63) is 130 Å². The predicted octanol–water partition coefficient (Wildman–Crippen LogP) is 6.12. The summed E-state index contributed by atoms with van der Waals surface area (Å²) >= 11 is 1.36. The summed E-state index contributed by atoms with van der Waals surface area (Å²) in [5.41, 5.74) is 1.62. The maximum atomic E-state index is 14.2. The maximum absolute atomic E-state index is 14.2. The Morgan fingerprint density at radius 3 is 2.12 bits per heavy atom. The van der Waals surface area contributed by atoms with Gasteiger partial charge < -0.3 is 10.1 Å². The molecule has 40 heavy (non-hydrogen) atoms. The topological polar surface area (TPSA) is 75.7 Å². The van der Waals surface area contributed by atoms with Crippen LogP contribution in [0.25, 0.3) is 0 Å². The first-order valence-electron chi connectivity index (χ1n) is 12.7. The molecule has 1 N–H and O–H groups in total. The van der Waals surface area contributed by atoms with E-state index in [-0.39, 0.29) is 12.3 Å². The zero-order chi connectivity index (χ0) is 28.2. The van der Waals surface area contributed by atoms with Crippen molar-refractivity contribution in [3.63, 3.8) is 0 Å². The molecule has 0 bridgehead atoms. The fourth-order valence-corrected chi connectivity index (χ4v) is 6.25. The number of benzene rings is 3. The van der Waals surface area contributed by atoms with Crippen LogP contribution >= 0.6 is 11.3 Å². The van der Waals surface area contributed by atoms with Gasteiger partial charge in [-0.2, -0.15) is 0 Å². The van der Waals surface area contributed by atoms with Gasteiger partial charge in [-0.1, -0.05) is 60.7 Å². The summed E-state index contributed by atoms with van der Waals surface area (Å²) in [4.78, 5) is 43.6. The third-order valence-corrected chi connectivity index (χ3v) is 8.09. The SMILES string of the molecule is COC(=O)N1C(C(=O)NCc2ccc(F)cc2)C(c2ccc(F)cc2)C(C(=O)c2ccccc2)C1c1cccs1. The number of hydrogen-bond acceptors (Lipinski definition) is 5. The lowest BCUT2D eigenvalue weighted by Crippen LogP contribution is -2.48. The summed E-state index contributed by atoms with van der Waals surface area (Å²) in [6, 6.07) is 21.6. The number of ether oxygens (including phenoxy) is 1. The number of nitrogens with zero attached hydrogens (tertiary/aromatic N) is 1. The molecule has 4 aromatic rings. The number of carbonyl (C=O) groups excluding carboxylic acids is 3. The molecule has 4 atom stereocenters. The Morgan fingerprint density at radius 1 is 0.875 bits per heavy atom. The average molecular weight is 561 g/mol. The van der Waals surface area contributed by atoms with Gasteiger partial charge in [0.05, 0.1) is 19.1 Å². The van der Waals surface area contributed by atoms with E-state index >= 15 is 0 Å². The van der Waals surface area contributed by atoms with E-state index < -0.39 is 47.6 Å². The summed E-state index contributed by atoms with van der Waals surface area (Å²) < 4.78 is 32.6. The molecule has 2 heterocycles. The zero-order valence-electron chi connectivity index (χ0n) is 21.5. The van der Waals surface area contributed by atoms with Crippen LogP contribution in [0.2, 0.25) is 0 Å². The molecular weight excluding hydrogens is 534 g/mol. The standard InChI is InChI=1S/C31H26F2N2O4S/c1-39-31(38)35-27(24-8-5-17-40-24)26(29(36)21-6-3-2-4-7-21)25(20-11-15-23(33)16-12-20)28(35)30(37)34-18-19-9-13-22(32)14-10-19/h2-17,25-28H,18H2,1H3,(H,34,37). The number of nitrogens with one attached hydrogen (secondary N) is 1. The fourth-order valence-electron chi connectivity index (χ4n) is 5.38. The van der Waals surface area contributed by atoms with Crippen molar-refractivity contribution in [3.8, 4) is 0 Å². The zero-order valence-corrected chi connectivity index (χ0v) is 22.3. The number of methoxy groups -OCH3 is 1. The van der Waals surface area contributed by atoms with Crippen LogP contribution in [-0.4, -0.2) is 35.8 Å². The molecule has 1 saturated heterocycles. The summed E-state index contributed by atoms with van der Waals surface area (Å²) in [6.45, 7) is 0.0712. The molecule has 4 unspecified atom stereocenters. The number of thiophene rings is 1. The Balaban J connectivity index is 1.64. The van der Waals surface area contributed by atoms with Gasteiger partial charge in [-0.15, -0.1) is 11.3 Å². The summed E-state index contributed by atoms with van der Waals surface area (Å²) in [7, 11) is 1.22. The van der Waals surface area contributed by atoms with Gasteiger partial charge in [-0.05, 0) is 46.8 Å². The highest BCUT2D eigenvalue weighted by atomic mass is 32.1. The number of carbonyl (C=O) groups is 3. The Kier molecular flexibility index (Phi) is 8.02. The highest BCUT2D eigenvalue weighted by Gasteiger charge is 2.58. The fraction of sp³-hybridized carbons (Fsp3) is 0.194. The third kappa shape index (κ3) is 5.37. The highest BCUT2D eigenvalue weighted by Crippen LogP contribution is 2.52. The van der Waals surface area contributed by atoms with Gasteiger partial charge in [0.2, 0.25) is 5.91 Å². The molecule has 2 amide bonds. The molecule has 0 aliphatic carbocycles. The molecule has 6 nitrogen and oxygen atoms in total. The van der Waals surface area contributed by atoms with E-state index in [1.807, 2.05) is 17.5 Å². The number of ketones is 1. The molecule has 5 rings (SSSR count). The second-order valence-corrected chi connectivity index (χ2v) is 10.4. The van der Waals surface area contributed by atoms with Gasteiger partial charge in [0.15, 0.2) is 5.78 Å². The lowest BCUT2D eigenvalue weighted by Gasteiger charge is -2.29. The second kappa shape index (κ2) is 11.8. The first-order chi connectivity index (χ1) is 19.4. The normalized spacial score (nSPS) is 20.2. The monoisotopic (exact) mass is 560 g/mol. The van der Waals surface area contributed by atoms with Crippen LogP contribution in [-0.2, 0) is 16.1 Å². The summed E-state index contributed by atoms with van der Waals surface area (Å²) in [5.74, 6) is -3.35. The molecular formula is C31H26F2N2O4S. The van der Waals surface area contributed by atoms with Gasteiger partial charge in [-0.25, -0.2) is 13.6 Å². The molecule has 1 aliphatic rings. The Hall–Kier alpha value is -4.37. The summed E-state index contributed by atoms with van der Waals surface area (Å²) in [6.07, 6.45) is -0.768. The van der Waals surface area contributed by atoms with Gasteiger partial charge in [0.25, 0.3) is 0 Å². The number of halogens is 2. The third-order valence-electron chi connectivity index (χ3n) is 7.15. The number of hydrogen-bond donors (Lipinski definition) is 1. The van der Waals surface area contributed by atoms with Crippen molar-refractivity contribution < 1.29 is 27.9 Å². The second-order valence-electron chi connectivity index (χ2n) is 9.46. The quantitative estimate of drug-likeness (QED) is 0.277. The summed E-state index contributed by atoms with van der Waals surface area (Å²) in [5, 5.41) is 4.69. The lowest BCUT2D eigenvalue weighted by molar-refractivity contribution is -0.126. The van der Waals surface area contributed by atoms with Crippen molar-refractivity contribution in [2.75, 3.05) is 7.11 Å². The van der Waals surface area contributed by atoms with E-state index in [9.17, 15) is 23.2 Å². The van der Waals surface area contributed by atoms with Gasteiger partial charge in [0, 0.05) is 22.9 Å². The van der Waals surface area contributed by atoms with Gasteiger partial charge >= 0.3 is 6.09 Å². The first kappa shape index (κ1) is 27.2. The van der Waals surface area contributed by atoms with Crippen molar-refractivity contribution in [2.24, 2.45) is 5.92 Å². The van der Waals surface area contributed by atoms with E-state index in [0.29, 0.717) is 21.6 Å². The molecule has 0 radical (unpaired) electrons. The molecule has 9 heteroatoms. The van der Waals surface area contributed by atoms with E-state index in [4.69, 9.17) is 4.74 Å². The van der Waals surface area contributed by atoms with Gasteiger partial charge in [-0.3, -0.25) is 14.5 Å². The Bertz CT molecular complexity index is 1480. The van der Waals surface area contributed by atoms with Gasteiger partial charge in [0.1, 0.15) is 17.7 Å². The average Bonchev–Trinajstić information content (AvgIpc) is 3.63. The molecule has 1 aromatic heterocycles. The lowest BCUT2D eigenvalue weighted by atomic mass is 9.77. The van der Waals surface area contributed by atoms with Crippen LogP contribution in [0.3, 0.4) is 0 Å². The van der Waals surface area contributed by atoms with Crippen molar-refractivity contribution in [1.82, 2.24) is 10.2 Å². The van der Waals surface area contributed by atoms with Crippen LogP contribution in [0.15, 0.2) is 96.4 Å². The van der Waals surface area contributed by atoms with Crippen molar-refractivity contribution in [1.29, 1.82) is 0 Å². The minimum atomic E-state index is -1.16. The number of Topliss-reactive ketones (excluding diaryl/α,β-unsaturated/α-hetero) is 1. The molecule has 3 aromatic carbocycles. The largest absolute Gasteiger partial charge is 0.453 e.